The Labute approximate surface area is 167 Å². The maximum atomic E-state index is 12.0. The van der Waals surface area contributed by atoms with Crippen LogP contribution in [0, 0.1) is 10.1 Å². The number of thioether (sulfide) groups is 1. The number of amides is 2. The zero-order valence-electron chi connectivity index (χ0n) is 15.7. The number of nitrogens with one attached hydrogen (secondary N) is 2. The van der Waals surface area contributed by atoms with Gasteiger partial charge in [0.2, 0.25) is 5.91 Å². The summed E-state index contributed by atoms with van der Waals surface area (Å²) in [6.45, 7) is 0.577. The number of nitrogens with zero attached hydrogens (tertiary/aromatic N) is 2. The maximum Gasteiger partial charge on any atom is 0.285 e. The lowest BCUT2D eigenvalue weighted by atomic mass is 10.2. The van der Waals surface area contributed by atoms with Crippen molar-refractivity contribution in [2.75, 3.05) is 31.3 Å². The molecule has 0 saturated carbocycles. The molecule has 0 saturated heterocycles. The molecule has 0 heterocycles. The van der Waals surface area contributed by atoms with Gasteiger partial charge in [-0.05, 0) is 54.6 Å². The predicted molar refractivity (Wildman–Crippen MR) is 111 cm³/mol. The number of rotatable bonds is 8. The first-order chi connectivity index (χ1) is 13.3. The molecule has 2 N–H and O–H groups in total. The molecule has 0 atom stereocenters. The zero-order valence-corrected chi connectivity index (χ0v) is 16.5. The maximum absolute atomic E-state index is 12.0. The van der Waals surface area contributed by atoms with E-state index < -0.39 is 4.92 Å². The van der Waals surface area contributed by atoms with Gasteiger partial charge in [0.05, 0.1) is 4.92 Å². The van der Waals surface area contributed by atoms with E-state index in [0.717, 1.165) is 22.3 Å². The molecule has 0 unspecified atom stereocenters. The van der Waals surface area contributed by atoms with Gasteiger partial charge < -0.3 is 15.5 Å². The Bertz CT molecular complexity index is 823. The van der Waals surface area contributed by atoms with E-state index in [2.05, 4.69) is 10.6 Å². The van der Waals surface area contributed by atoms with Gasteiger partial charge in [-0.3, -0.25) is 19.7 Å². The molecule has 8 nitrogen and oxygen atoms in total. The van der Waals surface area contributed by atoms with Gasteiger partial charge in [-0.2, -0.15) is 0 Å². The van der Waals surface area contributed by atoms with Crippen molar-refractivity contribution in [2.24, 2.45) is 0 Å². The molecule has 0 spiro atoms. The Hall–Kier alpha value is -3.07. The SMILES string of the molecule is CN(C)C(=O)Sc1ccc(NC(=O)CCCNc2ccc([N+](=O)[O-])cc2)cc1. The average molecular weight is 402 g/mol. The van der Waals surface area contributed by atoms with Crippen LogP contribution in [-0.2, 0) is 4.79 Å². The number of carbonyl (C=O) groups excluding carboxylic acids is 2. The smallest absolute Gasteiger partial charge is 0.285 e. The molecule has 28 heavy (non-hydrogen) atoms. The van der Waals surface area contributed by atoms with Crippen molar-refractivity contribution in [3.63, 3.8) is 0 Å². The van der Waals surface area contributed by atoms with Gasteiger partial charge >= 0.3 is 0 Å². The van der Waals surface area contributed by atoms with E-state index in [1.54, 1.807) is 50.5 Å². The van der Waals surface area contributed by atoms with E-state index in [-0.39, 0.29) is 16.8 Å². The second kappa shape index (κ2) is 10.3. The molecule has 0 aliphatic carbocycles. The van der Waals surface area contributed by atoms with Gasteiger partial charge in [0.15, 0.2) is 0 Å². The second-order valence-corrected chi connectivity index (χ2v) is 7.19. The highest BCUT2D eigenvalue weighted by molar-refractivity contribution is 8.13. The van der Waals surface area contributed by atoms with Crippen molar-refractivity contribution in [3.05, 3.63) is 58.6 Å². The van der Waals surface area contributed by atoms with Crippen molar-refractivity contribution < 1.29 is 14.5 Å². The number of benzene rings is 2. The van der Waals surface area contributed by atoms with Crippen LogP contribution in [0.5, 0.6) is 0 Å². The highest BCUT2D eigenvalue weighted by Gasteiger charge is 2.08. The van der Waals surface area contributed by atoms with Crippen LogP contribution in [0.25, 0.3) is 0 Å². The van der Waals surface area contributed by atoms with E-state index in [1.807, 2.05) is 0 Å². The molecule has 0 fully saturated rings. The molecule has 2 aromatic carbocycles. The monoisotopic (exact) mass is 402 g/mol. The topological polar surface area (TPSA) is 105 Å². The minimum absolute atomic E-state index is 0.0421. The summed E-state index contributed by atoms with van der Waals surface area (Å²) in [7, 11) is 3.39. The number of hydrogen-bond acceptors (Lipinski definition) is 6. The van der Waals surface area contributed by atoms with Crippen LogP contribution >= 0.6 is 11.8 Å². The molecule has 2 amide bonds. The van der Waals surface area contributed by atoms with Gasteiger partial charge in [-0.15, -0.1) is 0 Å². The first kappa shape index (κ1) is 21.2. The Morgan fingerprint density at radius 3 is 2.21 bits per heavy atom. The lowest BCUT2D eigenvalue weighted by molar-refractivity contribution is -0.384. The number of nitro groups is 1. The molecule has 0 radical (unpaired) electrons. The third-order valence-electron chi connectivity index (χ3n) is 3.70. The summed E-state index contributed by atoms with van der Waals surface area (Å²) in [6.07, 6.45) is 0.962. The van der Waals surface area contributed by atoms with E-state index in [1.165, 1.54) is 17.0 Å². The normalized spacial score (nSPS) is 10.2. The zero-order chi connectivity index (χ0) is 20.5. The number of nitro benzene ring substituents is 1. The van der Waals surface area contributed by atoms with Crippen LogP contribution in [-0.4, -0.2) is 41.6 Å². The fraction of sp³-hybridized carbons (Fsp3) is 0.263. The van der Waals surface area contributed by atoms with Crippen molar-refractivity contribution in [1.82, 2.24) is 4.90 Å². The minimum atomic E-state index is -0.445. The van der Waals surface area contributed by atoms with Gasteiger partial charge in [0.1, 0.15) is 0 Å². The third-order valence-corrected chi connectivity index (χ3v) is 4.74. The Kier molecular flexibility index (Phi) is 7.82. The van der Waals surface area contributed by atoms with E-state index in [4.69, 9.17) is 0 Å². The number of carbonyl (C=O) groups is 2. The highest BCUT2D eigenvalue weighted by Crippen LogP contribution is 2.22. The Morgan fingerprint density at radius 2 is 1.64 bits per heavy atom. The molecule has 148 valence electrons. The third kappa shape index (κ3) is 6.92. The summed E-state index contributed by atoms with van der Waals surface area (Å²) in [5.41, 5.74) is 1.49. The number of anilines is 2. The van der Waals surface area contributed by atoms with Crippen LogP contribution in [0.15, 0.2) is 53.4 Å². The molecule has 0 aliphatic rings. The van der Waals surface area contributed by atoms with E-state index in [9.17, 15) is 19.7 Å². The average Bonchev–Trinajstić information content (AvgIpc) is 2.67. The minimum Gasteiger partial charge on any atom is -0.385 e. The Balaban J connectivity index is 1.70. The number of hydrogen-bond donors (Lipinski definition) is 2. The quantitative estimate of drug-likeness (QED) is 0.297. The molecule has 0 aromatic heterocycles. The Morgan fingerprint density at radius 1 is 1.04 bits per heavy atom. The van der Waals surface area contributed by atoms with Crippen LogP contribution in [0.1, 0.15) is 12.8 Å². The first-order valence-corrected chi connectivity index (χ1v) is 9.44. The summed E-state index contributed by atoms with van der Waals surface area (Å²) in [4.78, 5) is 36.2. The van der Waals surface area contributed by atoms with Crippen LogP contribution in [0.2, 0.25) is 0 Å². The molecular weight excluding hydrogens is 380 g/mol. The van der Waals surface area contributed by atoms with Crippen LogP contribution in [0.3, 0.4) is 0 Å². The molecule has 9 heteroatoms. The van der Waals surface area contributed by atoms with E-state index >= 15 is 0 Å². The van der Waals surface area contributed by atoms with Gasteiger partial charge in [0.25, 0.3) is 10.9 Å². The van der Waals surface area contributed by atoms with Crippen molar-refractivity contribution in [2.45, 2.75) is 17.7 Å². The van der Waals surface area contributed by atoms with Crippen molar-refractivity contribution in [1.29, 1.82) is 0 Å². The summed E-state index contributed by atoms with van der Waals surface area (Å²) < 4.78 is 0. The fourth-order valence-electron chi connectivity index (χ4n) is 2.20. The predicted octanol–water partition coefficient (Wildman–Crippen LogP) is 4.20. The molecular formula is C19H22N4O4S. The largest absolute Gasteiger partial charge is 0.385 e. The summed E-state index contributed by atoms with van der Waals surface area (Å²) in [5, 5.41) is 16.5. The van der Waals surface area contributed by atoms with Crippen molar-refractivity contribution >= 4 is 40.0 Å². The highest BCUT2D eigenvalue weighted by atomic mass is 32.2. The van der Waals surface area contributed by atoms with Gasteiger partial charge in [0, 0.05) is 55.5 Å². The van der Waals surface area contributed by atoms with Crippen LogP contribution < -0.4 is 10.6 Å². The lowest BCUT2D eigenvalue weighted by Crippen LogP contribution is -2.16. The summed E-state index contributed by atoms with van der Waals surface area (Å²) in [5.74, 6) is -0.102. The fourth-order valence-corrected chi connectivity index (χ4v) is 2.86. The molecule has 0 bridgehead atoms. The number of non-ortho nitro benzene ring substituents is 1. The van der Waals surface area contributed by atoms with Gasteiger partial charge in [-0.25, -0.2) is 0 Å². The standard InChI is InChI=1S/C19H22N4O4S/c1-22(2)19(25)28-17-11-7-15(8-12-17)21-18(24)4-3-13-20-14-5-9-16(10-6-14)23(26)27/h5-12,20H,3-4,13H2,1-2H3,(H,21,24). The molecule has 0 aliphatic heterocycles. The molecule has 2 aromatic rings. The first-order valence-electron chi connectivity index (χ1n) is 8.62. The summed E-state index contributed by atoms with van der Waals surface area (Å²) in [6, 6.07) is 13.2. The lowest BCUT2D eigenvalue weighted by Gasteiger charge is -2.10. The van der Waals surface area contributed by atoms with Crippen LogP contribution in [0.4, 0.5) is 21.9 Å². The van der Waals surface area contributed by atoms with Crippen molar-refractivity contribution in [3.8, 4) is 0 Å². The summed E-state index contributed by atoms with van der Waals surface area (Å²) >= 11 is 1.13. The molecule has 2 rings (SSSR count). The second-order valence-electron chi connectivity index (χ2n) is 6.17. The van der Waals surface area contributed by atoms with E-state index in [0.29, 0.717) is 25.1 Å². The van der Waals surface area contributed by atoms with Gasteiger partial charge in [-0.1, -0.05) is 0 Å².